The average molecular weight is 331 g/mol. The fraction of sp³-hybridized carbons (Fsp3) is 0.308. The first kappa shape index (κ1) is 16.2. The van der Waals surface area contributed by atoms with E-state index in [4.69, 9.17) is 0 Å². The average Bonchev–Trinajstić information content (AvgIpc) is 2.73. The molecule has 2 rings (SSSR count). The maximum Gasteiger partial charge on any atom is 0.418 e. The number of nitrogens with one attached hydrogen (secondary N) is 1. The number of halogens is 3. The second-order valence-electron chi connectivity index (χ2n) is 4.57. The van der Waals surface area contributed by atoms with Gasteiger partial charge in [0.15, 0.2) is 0 Å². The molecule has 0 fully saturated rings. The Kier molecular flexibility index (Phi) is 4.36. The van der Waals surface area contributed by atoms with Crippen LogP contribution in [0.15, 0.2) is 18.2 Å². The number of nitro benzene ring substituents is 1. The lowest BCUT2D eigenvalue weighted by atomic mass is 10.1. The SMILES string of the molecule is Cc1nc(CNc2ccc([N+](=O)[O-])cc2C(F)(F)F)c(C)s1. The van der Waals surface area contributed by atoms with Gasteiger partial charge in [-0.2, -0.15) is 13.2 Å². The molecule has 0 atom stereocenters. The molecular weight excluding hydrogens is 319 g/mol. The van der Waals surface area contributed by atoms with Gasteiger partial charge in [0, 0.05) is 22.7 Å². The summed E-state index contributed by atoms with van der Waals surface area (Å²) in [7, 11) is 0. The van der Waals surface area contributed by atoms with Crippen LogP contribution in [0, 0.1) is 24.0 Å². The number of rotatable bonds is 4. The highest BCUT2D eigenvalue weighted by Crippen LogP contribution is 2.37. The second-order valence-corrected chi connectivity index (χ2v) is 5.98. The van der Waals surface area contributed by atoms with Crippen molar-refractivity contribution in [3.05, 3.63) is 49.5 Å². The Labute approximate surface area is 128 Å². The first-order valence-electron chi connectivity index (χ1n) is 6.21. The van der Waals surface area contributed by atoms with Gasteiger partial charge in [-0.15, -0.1) is 11.3 Å². The number of nitro groups is 1. The van der Waals surface area contributed by atoms with Gasteiger partial charge < -0.3 is 5.32 Å². The standard InChI is InChI=1S/C13H12F3N3O2S/c1-7-12(18-8(2)22-7)6-17-11-4-3-9(19(20)21)5-10(11)13(14,15)16/h3-5,17H,6H2,1-2H3. The Bertz CT molecular complexity index is 713. The van der Waals surface area contributed by atoms with Crippen LogP contribution >= 0.6 is 11.3 Å². The van der Waals surface area contributed by atoms with Gasteiger partial charge in [-0.3, -0.25) is 10.1 Å². The minimum atomic E-state index is -4.68. The normalized spacial score (nSPS) is 11.5. The molecule has 0 aliphatic rings. The zero-order valence-electron chi connectivity index (χ0n) is 11.7. The van der Waals surface area contributed by atoms with Crippen molar-refractivity contribution >= 4 is 22.7 Å². The van der Waals surface area contributed by atoms with Crippen molar-refractivity contribution in [2.24, 2.45) is 0 Å². The molecule has 1 heterocycles. The molecule has 1 N–H and O–H groups in total. The molecule has 0 saturated heterocycles. The number of thiazole rings is 1. The highest BCUT2D eigenvalue weighted by Gasteiger charge is 2.35. The van der Waals surface area contributed by atoms with E-state index in [9.17, 15) is 23.3 Å². The van der Waals surface area contributed by atoms with Crippen molar-refractivity contribution in [3.63, 3.8) is 0 Å². The first-order chi connectivity index (χ1) is 10.2. The maximum absolute atomic E-state index is 13.0. The van der Waals surface area contributed by atoms with Crippen LogP contribution in [0.5, 0.6) is 0 Å². The monoisotopic (exact) mass is 331 g/mol. The Morgan fingerprint density at radius 1 is 1.36 bits per heavy atom. The summed E-state index contributed by atoms with van der Waals surface area (Å²) in [5, 5.41) is 14.1. The lowest BCUT2D eigenvalue weighted by molar-refractivity contribution is -0.385. The number of alkyl halides is 3. The molecule has 0 amide bonds. The van der Waals surface area contributed by atoms with Gasteiger partial charge in [-0.05, 0) is 19.9 Å². The van der Waals surface area contributed by atoms with Crippen LogP contribution in [0.4, 0.5) is 24.5 Å². The van der Waals surface area contributed by atoms with Crippen molar-refractivity contribution in [2.45, 2.75) is 26.6 Å². The zero-order chi connectivity index (χ0) is 16.5. The first-order valence-corrected chi connectivity index (χ1v) is 7.02. The molecule has 22 heavy (non-hydrogen) atoms. The minimum Gasteiger partial charge on any atom is -0.379 e. The van der Waals surface area contributed by atoms with Gasteiger partial charge in [0.2, 0.25) is 0 Å². The highest BCUT2D eigenvalue weighted by atomic mass is 32.1. The van der Waals surface area contributed by atoms with Crippen molar-refractivity contribution in [1.82, 2.24) is 4.98 Å². The molecule has 0 spiro atoms. The lowest BCUT2D eigenvalue weighted by Gasteiger charge is -2.14. The van der Waals surface area contributed by atoms with E-state index in [1.165, 1.54) is 11.3 Å². The van der Waals surface area contributed by atoms with Gasteiger partial charge >= 0.3 is 6.18 Å². The predicted molar refractivity (Wildman–Crippen MR) is 77.0 cm³/mol. The molecule has 0 saturated carbocycles. The third-order valence-electron chi connectivity index (χ3n) is 2.97. The van der Waals surface area contributed by atoms with Crippen LogP contribution in [0.1, 0.15) is 21.1 Å². The summed E-state index contributed by atoms with van der Waals surface area (Å²) in [4.78, 5) is 14.9. The molecule has 5 nitrogen and oxygen atoms in total. The molecule has 118 valence electrons. The van der Waals surface area contributed by atoms with Crippen LogP contribution in [-0.4, -0.2) is 9.91 Å². The minimum absolute atomic E-state index is 0.122. The van der Waals surface area contributed by atoms with Crippen molar-refractivity contribution < 1.29 is 18.1 Å². The van der Waals surface area contributed by atoms with Crippen LogP contribution in [0.25, 0.3) is 0 Å². The van der Waals surface area contributed by atoms with Crippen molar-refractivity contribution in [3.8, 4) is 0 Å². The van der Waals surface area contributed by atoms with Crippen LogP contribution < -0.4 is 5.32 Å². The lowest BCUT2D eigenvalue weighted by Crippen LogP contribution is -2.12. The Hall–Kier alpha value is -2.16. The summed E-state index contributed by atoms with van der Waals surface area (Å²) in [5.74, 6) is 0. The summed E-state index contributed by atoms with van der Waals surface area (Å²) in [6.07, 6.45) is -4.68. The molecule has 0 aliphatic carbocycles. The number of aromatic nitrogens is 1. The molecule has 2 aromatic rings. The molecular formula is C13H12F3N3O2S. The van der Waals surface area contributed by atoms with E-state index >= 15 is 0 Å². The van der Waals surface area contributed by atoms with Gasteiger partial charge in [0.1, 0.15) is 0 Å². The van der Waals surface area contributed by atoms with Gasteiger partial charge in [-0.25, -0.2) is 4.98 Å². The third-order valence-corrected chi connectivity index (χ3v) is 3.89. The van der Waals surface area contributed by atoms with E-state index in [1.807, 2.05) is 13.8 Å². The summed E-state index contributed by atoms with van der Waals surface area (Å²) in [6, 6.07) is 2.63. The van der Waals surface area contributed by atoms with E-state index in [0.29, 0.717) is 11.8 Å². The van der Waals surface area contributed by atoms with Crippen LogP contribution in [-0.2, 0) is 12.7 Å². The fourth-order valence-electron chi connectivity index (χ4n) is 1.95. The zero-order valence-corrected chi connectivity index (χ0v) is 12.5. The van der Waals surface area contributed by atoms with Gasteiger partial charge in [0.25, 0.3) is 5.69 Å². The van der Waals surface area contributed by atoms with E-state index < -0.39 is 22.4 Å². The number of non-ortho nitro benzene ring substituents is 1. The number of benzene rings is 1. The number of anilines is 1. The summed E-state index contributed by atoms with van der Waals surface area (Å²) in [6.45, 7) is 3.77. The number of aryl methyl sites for hydroxylation is 2. The maximum atomic E-state index is 13.0. The summed E-state index contributed by atoms with van der Waals surface area (Å²) in [5.41, 5.74) is -1.21. The molecule has 1 aromatic heterocycles. The van der Waals surface area contributed by atoms with Gasteiger partial charge in [0.05, 0.1) is 27.7 Å². The smallest absolute Gasteiger partial charge is 0.379 e. The second kappa shape index (κ2) is 5.91. The Balaban J connectivity index is 2.30. The third kappa shape index (κ3) is 3.53. The number of hydrogen-bond donors (Lipinski definition) is 1. The molecule has 0 bridgehead atoms. The molecule has 0 aliphatic heterocycles. The van der Waals surface area contributed by atoms with E-state index in [1.54, 1.807) is 0 Å². The Morgan fingerprint density at radius 3 is 2.55 bits per heavy atom. The predicted octanol–water partition coefficient (Wildman–Crippen LogP) is 4.30. The number of nitrogens with zero attached hydrogens (tertiary/aromatic N) is 2. The van der Waals surface area contributed by atoms with E-state index in [-0.39, 0.29) is 12.2 Å². The molecule has 0 unspecified atom stereocenters. The molecule has 1 aromatic carbocycles. The van der Waals surface area contributed by atoms with Crippen LogP contribution in [0.3, 0.4) is 0 Å². The quantitative estimate of drug-likeness (QED) is 0.670. The van der Waals surface area contributed by atoms with Gasteiger partial charge in [-0.1, -0.05) is 0 Å². The Morgan fingerprint density at radius 2 is 2.05 bits per heavy atom. The topological polar surface area (TPSA) is 68.1 Å². The fourth-order valence-corrected chi connectivity index (χ4v) is 2.78. The van der Waals surface area contributed by atoms with Crippen molar-refractivity contribution in [2.75, 3.05) is 5.32 Å². The van der Waals surface area contributed by atoms with Crippen molar-refractivity contribution in [1.29, 1.82) is 0 Å². The molecule has 9 heteroatoms. The van der Waals surface area contributed by atoms with Crippen LogP contribution in [0.2, 0.25) is 0 Å². The number of hydrogen-bond acceptors (Lipinski definition) is 5. The summed E-state index contributed by atoms with van der Waals surface area (Å²) < 4.78 is 39.1. The molecule has 0 radical (unpaired) electrons. The highest BCUT2D eigenvalue weighted by molar-refractivity contribution is 7.11. The van der Waals surface area contributed by atoms with E-state index in [0.717, 1.165) is 22.0 Å². The summed E-state index contributed by atoms with van der Waals surface area (Å²) >= 11 is 1.46. The largest absolute Gasteiger partial charge is 0.418 e. The van der Waals surface area contributed by atoms with E-state index in [2.05, 4.69) is 10.3 Å².